The van der Waals surface area contributed by atoms with Crippen molar-refractivity contribution in [3.63, 3.8) is 0 Å². The second-order valence-electron chi connectivity index (χ2n) is 4.79. The van der Waals surface area contributed by atoms with Crippen LogP contribution >= 0.6 is 0 Å². The van der Waals surface area contributed by atoms with Crippen molar-refractivity contribution < 1.29 is 14.6 Å². The van der Waals surface area contributed by atoms with E-state index >= 15 is 0 Å². The lowest BCUT2D eigenvalue weighted by molar-refractivity contribution is 0.0686. The maximum atomic E-state index is 11.5. The number of aromatic carboxylic acids is 1. The molecule has 2 aromatic carbocycles. The summed E-state index contributed by atoms with van der Waals surface area (Å²) < 4.78 is 7.15. The number of benzene rings is 2. The topological polar surface area (TPSA) is 51.5 Å². The van der Waals surface area contributed by atoms with E-state index in [4.69, 9.17) is 4.74 Å². The van der Waals surface area contributed by atoms with Crippen molar-refractivity contribution in [2.75, 3.05) is 7.11 Å². The van der Waals surface area contributed by atoms with Crippen LogP contribution in [0.2, 0.25) is 0 Å². The van der Waals surface area contributed by atoms with Gasteiger partial charge >= 0.3 is 5.97 Å². The summed E-state index contributed by atoms with van der Waals surface area (Å²) in [5.41, 5.74) is 2.13. The number of hydrogen-bond donors (Lipinski definition) is 1. The highest BCUT2D eigenvalue weighted by molar-refractivity contribution is 5.94. The summed E-state index contributed by atoms with van der Waals surface area (Å²) >= 11 is 0. The first-order valence-electron chi connectivity index (χ1n) is 6.64. The number of para-hydroxylation sites is 2. The van der Waals surface area contributed by atoms with Crippen LogP contribution in [-0.4, -0.2) is 22.8 Å². The van der Waals surface area contributed by atoms with Gasteiger partial charge in [-0.25, -0.2) is 4.79 Å². The minimum Gasteiger partial charge on any atom is -0.496 e. The minimum absolute atomic E-state index is 0.280. The summed E-state index contributed by atoms with van der Waals surface area (Å²) in [7, 11) is 1.62. The molecule has 0 saturated carbocycles. The standard InChI is InChI=1S/C17H15NO3/c1-21-16-9-5-3-7-13(16)11-18-14-8-4-2-6-12(14)10-15(18)17(19)20/h2-10H,11H2,1H3,(H,19,20). The van der Waals surface area contributed by atoms with E-state index in [9.17, 15) is 9.90 Å². The van der Waals surface area contributed by atoms with Crippen LogP contribution in [0.15, 0.2) is 54.6 Å². The van der Waals surface area contributed by atoms with Gasteiger partial charge in [-0.05, 0) is 18.2 Å². The molecule has 0 aliphatic heterocycles. The van der Waals surface area contributed by atoms with Crippen LogP contribution in [0.4, 0.5) is 0 Å². The number of rotatable bonds is 4. The van der Waals surface area contributed by atoms with Gasteiger partial charge in [0.2, 0.25) is 0 Å². The molecule has 1 heterocycles. The largest absolute Gasteiger partial charge is 0.496 e. The van der Waals surface area contributed by atoms with Gasteiger partial charge in [0.1, 0.15) is 11.4 Å². The zero-order chi connectivity index (χ0) is 14.8. The molecule has 1 aromatic heterocycles. The number of ether oxygens (including phenoxy) is 1. The highest BCUT2D eigenvalue weighted by atomic mass is 16.5. The molecule has 106 valence electrons. The van der Waals surface area contributed by atoms with Gasteiger partial charge in [-0.1, -0.05) is 36.4 Å². The van der Waals surface area contributed by atoms with Crippen molar-refractivity contribution in [3.8, 4) is 5.75 Å². The third kappa shape index (κ3) is 2.36. The molecule has 4 heteroatoms. The normalized spacial score (nSPS) is 10.7. The molecule has 0 spiro atoms. The predicted molar refractivity (Wildman–Crippen MR) is 81.0 cm³/mol. The van der Waals surface area contributed by atoms with Gasteiger partial charge in [-0.2, -0.15) is 0 Å². The molecule has 0 bridgehead atoms. The maximum Gasteiger partial charge on any atom is 0.352 e. The quantitative estimate of drug-likeness (QED) is 0.797. The molecule has 0 fully saturated rings. The Morgan fingerprint density at radius 2 is 1.86 bits per heavy atom. The SMILES string of the molecule is COc1ccccc1Cn1c(C(=O)O)cc2ccccc21. The first kappa shape index (κ1) is 13.2. The zero-order valence-electron chi connectivity index (χ0n) is 11.6. The van der Waals surface area contributed by atoms with Crippen LogP contribution in [0.5, 0.6) is 5.75 Å². The van der Waals surface area contributed by atoms with E-state index < -0.39 is 5.97 Å². The number of hydrogen-bond acceptors (Lipinski definition) is 2. The van der Waals surface area contributed by atoms with Crippen molar-refractivity contribution in [2.24, 2.45) is 0 Å². The van der Waals surface area contributed by atoms with E-state index in [-0.39, 0.29) is 5.69 Å². The molecular weight excluding hydrogens is 266 g/mol. The highest BCUT2D eigenvalue weighted by Gasteiger charge is 2.15. The van der Waals surface area contributed by atoms with Crippen LogP contribution in [0.1, 0.15) is 16.1 Å². The fourth-order valence-corrected chi connectivity index (χ4v) is 2.56. The second kappa shape index (κ2) is 5.32. The first-order valence-corrected chi connectivity index (χ1v) is 6.64. The highest BCUT2D eigenvalue weighted by Crippen LogP contribution is 2.24. The Morgan fingerprint density at radius 3 is 2.62 bits per heavy atom. The van der Waals surface area contributed by atoms with Crippen LogP contribution in [0.3, 0.4) is 0 Å². The van der Waals surface area contributed by atoms with Crippen molar-refractivity contribution >= 4 is 16.9 Å². The number of fused-ring (bicyclic) bond motifs is 1. The fraction of sp³-hybridized carbons (Fsp3) is 0.118. The molecular formula is C17H15NO3. The lowest BCUT2D eigenvalue weighted by Gasteiger charge is -2.12. The van der Waals surface area contributed by atoms with Gasteiger partial charge in [-0.3, -0.25) is 0 Å². The molecule has 1 N–H and O–H groups in total. The predicted octanol–water partition coefficient (Wildman–Crippen LogP) is 3.40. The number of carboxylic acid groups (broad SMARTS) is 1. The Bertz CT molecular complexity index is 805. The van der Waals surface area contributed by atoms with Crippen molar-refractivity contribution in [1.82, 2.24) is 4.57 Å². The van der Waals surface area contributed by atoms with E-state index in [1.165, 1.54) is 0 Å². The average molecular weight is 281 g/mol. The summed E-state index contributed by atoms with van der Waals surface area (Å²) in [5, 5.41) is 10.3. The zero-order valence-corrected chi connectivity index (χ0v) is 11.6. The first-order chi connectivity index (χ1) is 10.2. The summed E-state index contributed by atoms with van der Waals surface area (Å²) in [6.45, 7) is 0.458. The molecule has 0 radical (unpaired) electrons. The van der Waals surface area contributed by atoms with Gasteiger partial charge in [0.25, 0.3) is 0 Å². The molecule has 0 saturated heterocycles. The Hall–Kier alpha value is -2.75. The molecule has 0 aliphatic rings. The molecule has 21 heavy (non-hydrogen) atoms. The number of carboxylic acids is 1. The summed E-state index contributed by atoms with van der Waals surface area (Å²) in [5.74, 6) is -0.173. The van der Waals surface area contributed by atoms with E-state index in [0.717, 1.165) is 22.2 Å². The molecule has 0 amide bonds. The Balaban J connectivity index is 2.15. The Labute approximate surface area is 122 Å². The van der Waals surface area contributed by atoms with Crippen molar-refractivity contribution in [3.05, 3.63) is 65.9 Å². The minimum atomic E-state index is -0.930. The van der Waals surface area contributed by atoms with Crippen molar-refractivity contribution in [2.45, 2.75) is 6.54 Å². The lowest BCUT2D eigenvalue weighted by Crippen LogP contribution is -2.10. The molecule has 4 nitrogen and oxygen atoms in total. The third-order valence-electron chi connectivity index (χ3n) is 3.55. The molecule has 0 unspecified atom stereocenters. The third-order valence-corrected chi connectivity index (χ3v) is 3.55. The van der Waals surface area contributed by atoms with Gasteiger partial charge in [0, 0.05) is 16.5 Å². The number of nitrogens with zero attached hydrogens (tertiary/aromatic N) is 1. The smallest absolute Gasteiger partial charge is 0.352 e. The van der Waals surface area contributed by atoms with Gasteiger partial charge in [-0.15, -0.1) is 0 Å². The van der Waals surface area contributed by atoms with E-state index in [2.05, 4.69) is 0 Å². The van der Waals surface area contributed by atoms with Gasteiger partial charge in [0.15, 0.2) is 0 Å². The Morgan fingerprint density at radius 1 is 1.14 bits per heavy atom. The summed E-state index contributed by atoms with van der Waals surface area (Å²) in [4.78, 5) is 11.5. The van der Waals surface area contributed by atoms with Crippen LogP contribution < -0.4 is 4.74 Å². The van der Waals surface area contributed by atoms with Crippen LogP contribution in [0.25, 0.3) is 10.9 Å². The number of methoxy groups -OCH3 is 1. The average Bonchev–Trinajstić information content (AvgIpc) is 2.87. The Kier molecular flexibility index (Phi) is 3.36. The molecule has 3 aromatic rings. The van der Waals surface area contributed by atoms with Gasteiger partial charge < -0.3 is 14.4 Å². The van der Waals surface area contributed by atoms with E-state index in [1.807, 2.05) is 48.5 Å². The summed E-state index contributed by atoms with van der Waals surface area (Å²) in [6, 6.07) is 17.0. The maximum absolute atomic E-state index is 11.5. The number of carbonyl (C=O) groups is 1. The van der Waals surface area contributed by atoms with Gasteiger partial charge in [0.05, 0.1) is 13.7 Å². The van der Waals surface area contributed by atoms with E-state index in [1.54, 1.807) is 17.7 Å². The van der Waals surface area contributed by atoms with E-state index in [0.29, 0.717) is 6.54 Å². The monoisotopic (exact) mass is 281 g/mol. The van der Waals surface area contributed by atoms with Crippen molar-refractivity contribution in [1.29, 1.82) is 0 Å². The van der Waals surface area contributed by atoms with Crippen LogP contribution in [-0.2, 0) is 6.54 Å². The van der Waals surface area contributed by atoms with Crippen LogP contribution in [0, 0.1) is 0 Å². The summed E-state index contributed by atoms with van der Waals surface area (Å²) in [6.07, 6.45) is 0. The fourth-order valence-electron chi connectivity index (χ4n) is 2.56. The molecule has 0 aliphatic carbocycles. The second-order valence-corrected chi connectivity index (χ2v) is 4.79. The number of aromatic nitrogens is 1. The molecule has 0 atom stereocenters. The lowest BCUT2D eigenvalue weighted by atomic mass is 10.2. The molecule has 3 rings (SSSR count).